The Bertz CT molecular complexity index is 641. The van der Waals surface area contributed by atoms with Crippen LogP contribution in [0.3, 0.4) is 0 Å². The predicted molar refractivity (Wildman–Crippen MR) is 85.1 cm³/mol. The standard InChI is InChI=1S/C16H22N6O/c1-11(16-19-15(21-23-16)12-6-7-12)18-13-4-3-9-22(10-13)14-5-2-8-17-20-14/h2,5,8,11-13,18H,3-4,6-7,9-10H2,1H3/t11-,13-/m1/s1. The zero-order valence-electron chi connectivity index (χ0n) is 13.4. The number of piperidine rings is 1. The van der Waals surface area contributed by atoms with Crippen molar-refractivity contribution in [3.63, 3.8) is 0 Å². The molecule has 2 aromatic rings. The summed E-state index contributed by atoms with van der Waals surface area (Å²) in [7, 11) is 0. The van der Waals surface area contributed by atoms with Crippen molar-refractivity contribution in [1.82, 2.24) is 25.7 Å². The lowest BCUT2D eigenvalue weighted by atomic mass is 10.0. The van der Waals surface area contributed by atoms with E-state index in [4.69, 9.17) is 4.52 Å². The first-order valence-electron chi connectivity index (χ1n) is 8.42. The van der Waals surface area contributed by atoms with E-state index in [1.165, 1.54) is 12.8 Å². The first-order valence-corrected chi connectivity index (χ1v) is 8.42. The number of hydrogen-bond donors (Lipinski definition) is 1. The van der Waals surface area contributed by atoms with Gasteiger partial charge in [-0.25, -0.2) is 0 Å². The maximum absolute atomic E-state index is 5.42. The van der Waals surface area contributed by atoms with Gasteiger partial charge in [-0.1, -0.05) is 5.16 Å². The summed E-state index contributed by atoms with van der Waals surface area (Å²) in [6.07, 6.45) is 6.37. The van der Waals surface area contributed by atoms with Gasteiger partial charge in [-0.05, 0) is 44.7 Å². The van der Waals surface area contributed by atoms with E-state index >= 15 is 0 Å². The second-order valence-electron chi connectivity index (χ2n) is 6.52. The highest BCUT2D eigenvalue weighted by molar-refractivity contribution is 5.37. The SMILES string of the molecule is C[C@@H](N[C@@H]1CCCN(c2cccnn2)C1)c1nc(C2CC2)no1. The molecule has 122 valence electrons. The summed E-state index contributed by atoms with van der Waals surface area (Å²) in [6, 6.07) is 4.40. The fraction of sp³-hybridized carbons (Fsp3) is 0.625. The second kappa shape index (κ2) is 6.23. The van der Waals surface area contributed by atoms with Gasteiger partial charge in [-0.2, -0.15) is 10.1 Å². The molecule has 7 heteroatoms. The molecule has 1 saturated heterocycles. The summed E-state index contributed by atoms with van der Waals surface area (Å²) in [5.41, 5.74) is 0. The third kappa shape index (κ3) is 3.34. The van der Waals surface area contributed by atoms with Gasteiger partial charge < -0.3 is 14.7 Å². The highest BCUT2D eigenvalue weighted by Crippen LogP contribution is 2.38. The summed E-state index contributed by atoms with van der Waals surface area (Å²) in [5.74, 6) is 3.05. The van der Waals surface area contributed by atoms with Crippen molar-refractivity contribution < 1.29 is 4.52 Å². The minimum Gasteiger partial charge on any atom is -0.354 e. The molecular weight excluding hydrogens is 292 g/mol. The van der Waals surface area contributed by atoms with Crippen LogP contribution in [0, 0.1) is 0 Å². The molecule has 0 amide bonds. The van der Waals surface area contributed by atoms with Crippen LogP contribution in [0.15, 0.2) is 22.9 Å². The van der Waals surface area contributed by atoms with Gasteiger partial charge in [0.25, 0.3) is 0 Å². The molecule has 1 saturated carbocycles. The van der Waals surface area contributed by atoms with Gasteiger partial charge >= 0.3 is 0 Å². The van der Waals surface area contributed by atoms with Crippen LogP contribution < -0.4 is 10.2 Å². The van der Waals surface area contributed by atoms with Crippen molar-refractivity contribution in [1.29, 1.82) is 0 Å². The number of anilines is 1. The van der Waals surface area contributed by atoms with Gasteiger partial charge in [0.2, 0.25) is 5.89 Å². The van der Waals surface area contributed by atoms with Gasteiger partial charge in [0.05, 0.1) is 6.04 Å². The summed E-state index contributed by atoms with van der Waals surface area (Å²) >= 11 is 0. The minimum absolute atomic E-state index is 0.0711. The zero-order chi connectivity index (χ0) is 15.6. The number of nitrogens with one attached hydrogen (secondary N) is 1. The average molecular weight is 314 g/mol. The number of rotatable bonds is 5. The Balaban J connectivity index is 1.37. The Kier molecular flexibility index (Phi) is 3.95. The quantitative estimate of drug-likeness (QED) is 0.904. The van der Waals surface area contributed by atoms with Crippen molar-refractivity contribution in [2.24, 2.45) is 0 Å². The minimum atomic E-state index is 0.0711. The molecule has 2 aromatic heterocycles. The maximum Gasteiger partial charge on any atom is 0.243 e. The van der Waals surface area contributed by atoms with Crippen molar-refractivity contribution in [3.05, 3.63) is 30.0 Å². The third-order valence-corrected chi connectivity index (χ3v) is 4.56. The normalized spacial score (nSPS) is 23.0. The van der Waals surface area contributed by atoms with Crippen LogP contribution in [0.2, 0.25) is 0 Å². The predicted octanol–water partition coefficient (Wildman–Crippen LogP) is 2.06. The van der Waals surface area contributed by atoms with Gasteiger partial charge in [0.1, 0.15) is 0 Å². The smallest absolute Gasteiger partial charge is 0.243 e. The lowest BCUT2D eigenvalue weighted by Gasteiger charge is -2.34. The molecule has 23 heavy (non-hydrogen) atoms. The average Bonchev–Trinajstić information content (AvgIpc) is 3.33. The van der Waals surface area contributed by atoms with Crippen LogP contribution in [0.25, 0.3) is 0 Å². The van der Waals surface area contributed by atoms with Crippen LogP contribution in [-0.2, 0) is 0 Å². The molecule has 0 aromatic carbocycles. The van der Waals surface area contributed by atoms with Gasteiger partial charge in [0, 0.05) is 31.2 Å². The van der Waals surface area contributed by atoms with Crippen LogP contribution in [-0.4, -0.2) is 39.5 Å². The number of aromatic nitrogens is 4. The van der Waals surface area contributed by atoms with Crippen LogP contribution in [0.4, 0.5) is 5.82 Å². The maximum atomic E-state index is 5.42. The lowest BCUT2D eigenvalue weighted by molar-refractivity contribution is 0.307. The second-order valence-corrected chi connectivity index (χ2v) is 6.52. The van der Waals surface area contributed by atoms with Crippen molar-refractivity contribution in [2.75, 3.05) is 18.0 Å². The Morgan fingerprint density at radius 2 is 2.26 bits per heavy atom. The molecular formula is C16H22N6O. The van der Waals surface area contributed by atoms with Crippen molar-refractivity contribution in [2.45, 2.75) is 50.6 Å². The Labute approximate surface area is 135 Å². The molecule has 2 atom stereocenters. The Morgan fingerprint density at radius 1 is 1.35 bits per heavy atom. The van der Waals surface area contributed by atoms with Crippen LogP contribution in [0.5, 0.6) is 0 Å². The summed E-state index contributed by atoms with van der Waals surface area (Å²) < 4.78 is 5.42. The van der Waals surface area contributed by atoms with Gasteiger partial charge in [-0.15, -0.1) is 5.10 Å². The molecule has 2 aliphatic rings. The van der Waals surface area contributed by atoms with E-state index in [-0.39, 0.29) is 6.04 Å². The molecule has 2 fully saturated rings. The largest absolute Gasteiger partial charge is 0.354 e. The van der Waals surface area contributed by atoms with Crippen molar-refractivity contribution in [3.8, 4) is 0 Å². The fourth-order valence-electron chi connectivity index (χ4n) is 3.14. The van der Waals surface area contributed by atoms with E-state index in [0.717, 1.165) is 37.6 Å². The molecule has 7 nitrogen and oxygen atoms in total. The Morgan fingerprint density at radius 3 is 3.04 bits per heavy atom. The van der Waals surface area contributed by atoms with E-state index in [1.807, 2.05) is 12.1 Å². The van der Waals surface area contributed by atoms with E-state index in [0.29, 0.717) is 17.9 Å². The number of hydrogen-bond acceptors (Lipinski definition) is 7. The highest BCUT2D eigenvalue weighted by atomic mass is 16.5. The van der Waals surface area contributed by atoms with E-state index in [2.05, 4.69) is 37.5 Å². The van der Waals surface area contributed by atoms with E-state index < -0.39 is 0 Å². The fourth-order valence-corrected chi connectivity index (χ4v) is 3.14. The number of nitrogens with zero attached hydrogens (tertiary/aromatic N) is 5. The topological polar surface area (TPSA) is 80.0 Å². The van der Waals surface area contributed by atoms with E-state index in [9.17, 15) is 0 Å². The summed E-state index contributed by atoms with van der Waals surface area (Å²) in [4.78, 5) is 6.82. The monoisotopic (exact) mass is 314 g/mol. The van der Waals surface area contributed by atoms with E-state index in [1.54, 1.807) is 6.20 Å². The summed E-state index contributed by atoms with van der Waals surface area (Å²) in [6.45, 7) is 4.04. The third-order valence-electron chi connectivity index (χ3n) is 4.56. The van der Waals surface area contributed by atoms with Crippen LogP contribution >= 0.6 is 0 Å². The zero-order valence-corrected chi connectivity index (χ0v) is 13.4. The first-order chi connectivity index (χ1) is 11.3. The molecule has 3 heterocycles. The molecule has 1 aliphatic heterocycles. The van der Waals surface area contributed by atoms with Crippen LogP contribution in [0.1, 0.15) is 56.3 Å². The Hall–Kier alpha value is -2.02. The lowest BCUT2D eigenvalue weighted by Crippen LogP contribution is -2.46. The van der Waals surface area contributed by atoms with Gasteiger partial charge in [0.15, 0.2) is 11.6 Å². The molecule has 0 unspecified atom stereocenters. The summed E-state index contributed by atoms with van der Waals surface area (Å²) in [5, 5.41) is 15.9. The molecule has 0 bridgehead atoms. The highest BCUT2D eigenvalue weighted by Gasteiger charge is 2.30. The molecule has 0 radical (unpaired) electrons. The first kappa shape index (κ1) is 14.6. The molecule has 4 rings (SSSR count). The van der Waals surface area contributed by atoms with Gasteiger partial charge in [-0.3, -0.25) is 0 Å². The molecule has 0 spiro atoms. The molecule has 1 N–H and O–H groups in total. The molecule has 1 aliphatic carbocycles. The van der Waals surface area contributed by atoms with Crippen molar-refractivity contribution >= 4 is 5.82 Å².